The molecular formula is C14H16Cl2FNO. The maximum Gasteiger partial charge on any atom is 0.192 e. The predicted molar refractivity (Wildman–Crippen MR) is 74.7 cm³/mol. The van der Waals surface area contributed by atoms with E-state index in [9.17, 15) is 4.39 Å². The lowest BCUT2D eigenvalue weighted by molar-refractivity contribution is 0.286. The molecule has 1 saturated heterocycles. The first-order valence-electron chi connectivity index (χ1n) is 6.51. The zero-order valence-corrected chi connectivity index (χ0v) is 12.2. The van der Waals surface area contributed by atoms with Gasteiger partial charge in [0.25, 0.3) is 0 Å². The van der Waals surface area contributed by atoms with Crippen molar-refractivity contribution in [2.45, 2.75) is 36.1 Å². The van der Waals surface area contributed by atoms with Crippen molar-refractivity contribution in [2.24, 2.45) is 0 Å². The van der Waals surface area contributed by atoms with E-state index in [1.54, 1.807) is 6.07 Å². The molecule has 2 heterocycles. The maximum absolute atomic E-state index is 13.9. The number of halogens is 3. The monoisotopic (exact) mass is 303 g/mol. The summed E-state index contributed by atoms with van der Waals surface area (Å²) < 4.78 is 19.5. The Morgan fingerprint density at radius 3 is 2.89 bits per heavy atom. The van der Waals surface area contributed by atoms with Crippen molar-refractivity contribution < 1.29 is 9.13 Å². The molecule has 2 aliphatic rings. The Kier molecular flexibility index (Phi) is 3.40. The van der Waals surface area contributed by atoms with Gasteiger partial charge in [0.05, 0.1) is 0 Å². The standard InChI is InChI=1S/C14H16Cl2FNO/c1-14(3-2-4-18-7-14)10-6-8(17)5-9-11(15)13(16)19-12(9)10/h5-6,11,13,18H,2-4,7H2,1H3/t11-,13+,14?/m1/s1. The van der Waals surface area contributed by atoms with E-state index in [2.05, 4.69) is 12.2 Å². The number of hydrogen-bond donors (Lipinski definition) is 1. The fourth-order valence-corrected chi connectivity index (χ4v) is 3.44. The third kappa shape index (κ3) is 2.22. The highest BCUT2D eigenvalue weighted by molar-refractivity contribution is 6.30. The van der Waals surface area contributed by atoms with E-state index in [1.165, 1.54) is 6.07 Å². The number of nitrogens with one attached hydrogen (secondary N) is 1. The lowest BCUT2D eigenvalue weighted by Crippen LogP contribution is -2.41. The van der Waals surface area contributed by atoms with Crippen LogP contribution in [0.15, 0.2) is 12.1 Å². The second-order valence-electron chi connectivity index (χ2n) is 5.58. The molecule has 19 heavy (non-hydrogen) atoms. The Morgan fingerprint density at radius 1 is 1.42 bits per heavy atom. The Hall–Kier alpha value is -0.510. The van der Waals surface area contributed by atoms with Crippen molar-refractivity contribution in [3.05, 3.63) is 29.1 Å². The van der Waals surface area contributed by atoms with E-state index >= 15 is 0 Å². The van der Waals surface area contributed by atoms with Gasteiger partial charge in [0, 0.05) is 23.1 Å². The van der Waals surface area contributed by atoms with Crippen LogP contribution in [-0.4, -0.2) is 18.7 Å². The summed E-state index contributed by atoms with van der Waals surface area (Å²) in [5.74, 6) is 0.396. The summed E-state index contributed by atoms with van der Waals surface area (Å²) in [6.07, 6.45) is 2.07. The van der Waals surface area contributed by atoms with Crippen molar-refractivity contribution >= 4 is 23.2 Å². The van der Waals surface area contributed by atoms with Crippen molar-refractivity contribution in [3.63, 3.8) is 0 Å². The van der Waals surface area contributed by atoms with Crippen molar-refractivity contribution in [1.82, 2.24) is 5.32 Å². The fourth-order valence-electron chi connectivity index (χ4n) is 3.00. The molecule has 104 valence electrons. The first kappa shape index (κ1) is 13.5. The quantitative estimate of drug-likeness (QED) is 0.799. The molecule has 1 N–H and O–H groups in total. The Bertz CT molecular complexity index is 502. The summed E-state index contributed by atoms with van der Waals surface area (Å²) in [7, 11) is 0. The number of rotatable bonds is 1. The molecule has 1 fully saturated rings. The van der Waals surface area contributed by atoms with Gasteiger partial charge in [0.2, 0.25) is 0 Å². The third-order valence-corrected chi connectivity index (χ3v) is 5.02. The van der Waals surface area contributed by atoms with Gasteiger partial charge in [-0.15, -0.1) is 11.6 Å². The average molecular weight is 304 g/mol. The van der Waals surface area contributed by atoms with Crippen LogP contribution in [0.3, 0.4) is 0 Å². The summed E-state index contributed by atoms with van der Waals surface area (Å²) in [6, 6.07) is 2.99. The molecule has 2 nitrogen and oxygen atoms in total. The summed E-state index contributed by atoms with van der Waals surface area (Å²) in [5, 5.41) is 2.87. The Balaban J connectivity index is 2.10. The summed E-state index contributed by atoms with van der Waals surface area (Å²) in [5.41, 5.74) is 0.784. The molecule has 0 saturated carbocycles. The first-order valence-corrected chi connectivity index (χ1v) is 7.38. The van der Waals surface area contributed by atoms with Gasteiger partial charge in [0.1, 0.15) is 16.9 Å². The lowest BCUT2D eigenvalue weighted by Gasteiger charge is -2.35. The van der Waals surface area contributed by atoms with E-state index in [0.29, 0.717) is 11.3 Å². The molecule has 3 atom stereocenters. The second kappa shape index (κ2) is 4.80. The molecule has 3 rings (SSSR count). The number of piperidine rings is 1. The number of fused-ring (bicyclic) bond motifs is 1. The van der Waals surface area contributed by atoms with Crippen molar-refractivity contribution in [1.29, 1.82) is 0 Å². The minimum atomic E-state index is -0.627. The number of hydrogen-bond acceptors (Lipinski definition) is 2. The van der Waals surface area contributed by atoms with Crippen LogP contribution in [0.1, 0.15) is 36.3 Å². The van der Waals surface area contributed by atoms with Gasteiger partial charge in [-0.05, 0) is 31.5 Å². The van der Waals surface area contributed by atoms with Crippen molar-refractivity contribution in [3.8, 4) is 5.75 Å². The van der Waals surface area contributed by atoms with E-state index in [0.717, 1.165) is 31.5 Å². The van der Waals surface area contributed by atoms with E-state index in [4.69, 9.17) is 27.9 Å². The van der Waals surface area contributed by atoms with Crippen LogP contribution in [0, 0.1) is 5.82 Å². The number of ether oxygens (including phenoxy) is 1. The number of benzene rings is 1. The van der Waals surface area contributed by atoms with Gasteiger partial charge < -0.3 is 10.1 Å². The van der Waals surface area contributed by atoms with Crippen molar-refractivity contribution in [2.75, 3.05) is 13.1 Å². The van der Waals surface area contributed by atoms with E-state index < -0.39 is 10.9 Å². The highest BCUT2D eigenvalue weighted by atomic mass is 35.5. The second-order valence-corrected chi connectivity index (χ2v) is 6.48. The van der Waals surface area contributed by atoms with Crippen LogP contribution in [0.4, 0.5) is 4.39 Å². The molecule has 0 amide bonds. The molecule has 1 aromatic carbocycles. The van der Waals surface area contributed by atoms with Crippen LogP contribution in [0.2, 0.25) is 0 Å². The molecule has 1 unspecified atom stereocenters. The molecule has 5 heteroatoms. The van der Waals surface area contributed by atoms with Crippen LogP contribution >= 0.6 is 23.2 Å². The van der Waals surface area contributed by atoms with Crippen LogP contribution < -0.4 is 10.1 Å². The predicted octanol–water partition coefficient (Wildman–Crippen LogP) is 3.70. The van der Waals surface area contributed by atoms with E-state index in [1.807, 2.05) is 0 Å². The molecule has 0 spiro atoms. The zero-order valence-electron chi connectivity index (χ0n) is 10.7. The Morgan fingerprint density at radius 2 is 2.21 bits per heavy atom. The normalized spacial score (nSPS) is 33.9. The molecule has 1 aromatic rings. The van der Waals surface area contributed by atoms with Crippen LogP contribution in [-0.2, 0) is 5.41 Å². The minimum absolute atomic E-state index is 0.137. The average Bonchev–Trinajstić information content (AvgIpc) is 2.66. The van der Waals surface area contributed by atoms with Gasteiger partial charge in [-0.2, -0.15) is 0 Å². The minimum Gasteiger partial charge on any atom is -0.472 e. The highest BCUT2D eigenvalue weighted by Crippen LogP contribution is 2.49. The van der Waals surface area contributed by atoms with Crippen LogP contribution in [0.25, 0.3) is 0 Å². The fraction of sp³-hybridized carbons (Fsp3) is 0.571. The molecular weight excluding hydrogens is 288 g/mol. The molecule has 0 aliphatic carbocycles. The SMILES string of the molecule is CC1(c2cc(F)cc3c2O[C@H](Cl)[C@@H]3Cl)CCCNC1. The smallest absolute Gasteiger partial charge is 0.192 e. The lowest BCUT2D eigenvalue weighted by atomic mass is 9.75. The maximum atomic E-state index is 13.9. The third-order valence-electron chi connectivity index (χ3n) is 4.09. The summed E-state index contributed by atoms with van der Waals surface area (Å²) >= 11 is 12.2. The highest BCUT2D eigenvalue weighted by Gasteiger charge is 2.39. The largest absolute Gasteiger partial charge is 0.472 e. The van der Waals surface area contributed by atoms with Gasteiger partial charge in [-0.3, -0.25) is 0 Å². The van der Waals surface area contributed by atoms with Crippen LogP contribution in [0.5, 0.6) is 5.75 Å². The molecule has 2 aliphatic heterocycles. The van der Waals surface area contributed by atoms with Gasteiger partial charge in [-0.25, -0.2) is 4.39 Å². The first-order chi connectivity index (χ1) is 9.01. The summed E-state index contributed by atoms with van der Waals surface area (Å²) in [6.45, 7) is 3.94. The molecule has 0 bridgehead atoms. The summed E-state index contributed by atoms with van der Waals surface area (Å²) in [4.78, 5) is 0. The topological polar surface area (TPSA) is 21.3 Å². The van der Waals surface area contributed by atoms with Gasteiger partial charge in [0.15, 0.2) is 5.56 Å². The van der Waals surface area contributed by atoms with E-state index in [-0.39, 0.29) is 11.2 Å². The zero-order chi connectivity index (χ0) is 13.6. The number of alkyl halides is 2. The van der Waals surface area contributed by atoms with Gasteiger partial charge >= 0.3 is 0 Å². The Labute approximate surface area is 122 Å². The molecule has 0 aromatic heterocycles. The molecule has 0 radical (unpaired) electrons. The van der Waals surface area contributed by atoms with Gasteiger partial charge in [-0.1, -0.05) is 18.5 Å².